The van der Waals surface area contributed by atoms with Crippen molar-refractivity contribution in [1.29, 1.82) is 0 Å². The molecular formula is C38H55N7O6. The van der Waals surface area contributed by atoms with Crippen molar-refractivity contribution in [2.45, 2.75) is 98.0 Å². The second kappa shape index (κ2) is 20.8. The van der Waals surface area contributed by atoms with Gasteiger partial charge in [0.1, 0.15) is 17.8 Å². The van der Waals surface area contributed by atoms with Gasteiger partial charge in [-0.25, -0.2) is 4.98 Å². The van der Waals surface area contributed by atoms with E-state index in [-0.39, 0.29) is 55.6 Å². The average Bonchev–Trinajstić information content (AvgIpc) is 3.63. The van der Waals surface area contributed by atoms with E-state index in [2.05, 4.69) is 36.2 Å². The first-order valence-electron chi connectivity index (χ1n) is 17.8. The molecule has 0 aliphatic carbocycles. The fraction of sp³-hybridized carbons (Fsp3) is 0.526. The molecular weight excluding hydrogens is 650 g/mol. The van der Waals surface area contributed by atoms with Gasteiger partial charge in [0.25, 0.3) is 5.91 Å². The molecule has 0 fully saturated rings. The number of para-hydroxylation sites is 1. The van der Waals surface area contributed by atoms with Crippen molar-refractivity contribution in [1.82, 2.24) is 36.2 Å². The van der Waals surface area contributed by atoms with Gasteiger partial charge in [0.05, 0.1) is 30.7 Å². The van der Waals surface area contributed by atoms with Crippen molar-refractivity contribution < 1.29 is 29.0 Å². The van der Waals surface area contributed by atoms with Crippen LogP contribution in [0, 0.1) is 23.7 Å². The molecule has 51 heavy (non-hydrogen) atoms. The molecule has 6 atom stereocenters. The lowest BCUT2D eigenvalue weighted by Gasteiger charge is -2.32. The lowest BCUT2D eigenvalue weighted by molar-refractivity contribution is -0.134. The van der Waals surface area contributed by atoms with E-state index in [0.717, 1.165) is 0 Å². The number of ether oxygens (including phenoxy) is 1. The number of aromatic nitrogens is 3. The van der Waals surface area contributed by atoms with E-state index in [0.29, 0.717) is 30.0 Å². The summed E-state index contributed by atoms with van der Waals surface area (Å²) in [6, 6.07) is 11.8. The predicted molar refractivity (Wildman–Crippen MR) is 194 cm³/mol. The molecule has 278 valence electrons. The molecule has 1 aromatic carbocycles. The molecule has 0 saturated heterocycles. The van der Waals surface area contributed by atoms with E-state index >= 15 is 0 Å². The van der Waals surface area contributed by atoms with Crippen LogP contribution in [0.25, 0.3) is 0 Å². The number of aliphatic hydroxyl groups excluding tert-OH is 1. The number of nitrogens with zero attached hydrogens (tertiary/aromatic N) is 2. The topological polar surface area (TPSA) is 187 Å². The maximum Gasteiger partial charge on any atom is 0.258 e. The summed E-state index contributed by atoms with van der Waals surface area (Å²) in [7, 11) is 0. The monoisotopic (exact) mass is 705 g/mol. The summed E-state index contributed by atoms with van der Waals surface area (Å²) in [5.74, 6) is -2.01. The number of aromatic amines is 1. The van der Waals surface area contributed by atoms with Crippen LogP contribution in [-0.4, -0.2) is 74.5 Å². The van der Waals surface area contributed by atoms with Crippen LogP contribution in [0.1, 0.15) is 72.2 Å². The summed E-state index contributed by atoms with van der Waals surface area (Å²) < 4.78 is 5.57. The van der Waals surface area contributed by atoms with Crippen LogP contribution >= 0.6 is 0 Å². The van der Waals surface area contributed by atoms with Crippen LogP contribution in [0.2, 0.25) is 0 Å². The molecule has 13 heteroatoms. The quantitative estimate of drug-likeness (QED) is 0.0974. The molecule has 0 aliphatic rings. The zero-order chi connectivity index (χ0) is 37.3. The number of amides is 4. The summed E-state index contributed by atoms with van der Waals surface area (Å²) in [6.45, 7) is 11.5. The van der Waals surface area contributed by atoms with Gasteiger partial charge in [-0.2, -0.15) is 0 Å². The Morgan fingerprint density at radius 3 is 2.22 bits per heavy atom. The Balaban J connectivity index is 1.71. The lowest BCUT2D eigenvalue weighted by Crippen LogP contribution is -2.55. The van der Waals surface area contributed by atoms with Gasteiger partial charge < -0.3 is 36.1 Å². The molecule has 3 rings (SSSR count). The van der Waals surface area contributed by atoms with Gasteiger partial charge in [-0.15, -0.1) is 0 Å². The average molecular weight is 706 g/mol. The number of benzene rings is 1. The molecule has 4 amide bonds. The third kappa shape index (κ3) is 13.8. The smallest absolute Gasteiger partial charge is 0.258 e. The number of hydrogen-bond acceptors (Lipinski definition) is 8. The second-order valence-electron chi connectivity index (χ2n) is 13.8. The highest BCUT2D eigenvalue weighted by Crippen LogP contribution is 2.23. The third-order valence-electron chi connectivity index (χ3n) is 8.86. The van der Waals surface area contributed by atoms with Gasteiger partial charge in [-0.3, -0.25) is 24.2 Å². The van der Waals surface area contributed by atoms with E-state index in [1.165, 1.54) is 6.33 Å². The molecule has 0 saturated carbocycles. The SMILES string of the molecule is CCC(C)[C@H](NC(=O)[C@@H](C[C@H](O)[C@H](CC(C)C)NC(=O)[C@H](Cc1cnc[nH]1)NC(=O)COc1ccccc1)C(C)C)C(=O)NCc1ccccn1. The van der Waals surface area contributed by atoms with Crippen molar-refractivity contribution in [2.75, 3.05) is 6.61 Å². The predicted octanol–water partition coefficient (Wildman–Crippen LogP) is 3.31. The summed E-state index contributed by atoms with van der Waals surface area (Å²) in [6.07, 6.45) is 4.88. The highest BCUT2D eigenvalue weighted by atomic mass is 16.5. The number of nitrogens with one attached hydrogen (secondary N) is 5. The van der Waals surface area contributed by atoms with Crippen LogP contribution in [0.3, 0.4) is 0 Å². The van der Waals surface area contributed by atoms with E-state index in [4.69, 9.17) is 4.74 Å². The Labute approximate surface area is 301 Å². The van der Waals surface area contributed by atoms with Gasteiger partial charge >= 0.3 is 0 Å². The molecule has 2 heterocycles. The maximum atomic E-state index is 13.8. The highest BCUT2D eigenvalue weighted by molar-refractivity contribution is 5.89. The van der Waals surface area contributed by atoms with Gasteiger partial charge in [0.15, 0.2) is 6.61 Å². The number of imidazole rings is 1. The standard InChI is InChI=1S/C38H55N7O6/c1-7-26(6)35(38(50)41-21-27-13-11-12-16-40-27)45-36(48)30(25(4)5)19-33(46)31(17-24(2)3)44-37(49)32(18-28-20-39-23-42-28)43-34(47)22-51-29-14-9-8-10-15-29/h8-16,20,23-26,30-33,35,46H,7,17-19,21-22H2,1-6H3,(H,39,42)(H,41,50)(H,43,47)(H,44,49)(H,45,48)/t26?,30-,31-,32-,33-,35-/m0/s1. The second-order valence-corrected chi connectivity index (χ2v) is 13.8. The first kappa shape index (κ1) is 40.6. The minimum Gasteiger partial charge on any atom is -0.484 e. The van der Waals surface area contributed by atoms with Gasteiger partial charge in [0.2, 0.25) is 17.7 Å². The number of rotatable bonds is 21. The van der Waals surface area contributed by atoms with Crippen LogP contribution in [-0.2, 0) is 32.1 Å². The first-order valence-corrected chi connectivity index (χ1v) is 17.8. The van der Waals surface area contributed by atoms with E-state index < -0.39 is 42.0 Å². The van der Waals surface area contributed by atoms with E-state index in [1.54, 1.807) is 42.7 Å². The fourth-order valence-corrected chi connectivity index (χ4v) is 5.69. The molecule has 3 aromatic rings. The zero-order valence-corrected chi connectivity index (χ0v) is 30.6. The Kier molecular flexibility index (Phi) is 16.6. The molecule has 13 nitrogen and oxygen atoms in total. The molecule has 0 radical (unpaired) electrons. The van der Waals surface area contributed by atoms with E-state index in [9.17, 15) is 24.3 Å². The van der Waals surface area contributed by atoms with Gasteiger partial charge in [-0.05, 0) is 54.9 Å². The summed E-state index contributed by atoms with van der Waals surface area (Å²) in [4.78, 5) is 65.0. The Bertz CT molecular complexity index is 1490. The van der Waals surface area contributed by atoms with Crippen molar-refractivity contribution in [3.63, 3.8) is 0 Å². The Morgan fingerprint density at radius 1 is 0.882 bits per heavy atom. The summed E-state index contributed by atoms with van der Waals surface area (Å²) in [5, 5.41) is 23.2. The van der Waals surface area contributed by atoms with Crippen LogP contribution in [0.15, 0.2) is 67.3 Å². The number of hydrogen-bond donors (Lipinski definition) is 6. The number of aliphatic hydroxyl groups is 1. The van der Waals surface area contributed by atoms with E-state index in [1.807, 2.05) is 59.7 Å². The molecule has 0 spiro atoms. The fourth-order valence-electron chi connectivity index (χ4n) is 5.69. The zero-order valence-electron chi connectivity index (χ0n) is 30.6. The summed E-state index contributed by atoms with van der Waals surface area (Å²) >= 11 is 0. The van der Waals surface area contributed by atoms with Crippen LogP contribution in [0.4, 0.5) is 0 Å². The summed E-state index contributed by atoms with van der Waals surface area (Å²) in [5.41, 5.74) is 1.34. The number of pyridine rings is 1. The first-order chi connectivity index (χ1) is 24.4. The number of carbonyl (C=O) groups is 4. The van der Waals surface area contributed by atoms with Crippen molar-refractivity contribution in [2.24, 2.45) is 23.7 Å². The normalized spacial score (nSPS) is 14.8. The van der Waals surface area contributed by atoms with Gasteiger partial charge in [-0.1, -0.05) is 72.2 Å². The number of carbonyl (C=O) groups excluding carboxylic acids is 4. The molecule has 2 aromatic heterocycles. The molecule has 1 unspecified atom stereocenters. The van der Waals surface area contributed by atoms with Crippen LogP contribution < -0.4 is 26.0 Å². The minimum absolute atomic E-state index is 0.0481. The molecule has 6 N–H and O–H groups in total. The van der Waals surface area contributed by atoms with Crippen molar-refractivity contribution in [3.8, 4) is 5.75 Å². The Morgan fingerprint density at radius 2 is 1.61 bits per heavy atom. The molecule has 0 bridgehead atoms. The van der Waals surface area contributed by atoms with Crippen LogP contribution in [0.5, 0.6) is 5.75 Å². The Hall–Kier alpha value is -4.78. The van der Waals surface area contributed by atoms with Crippen molar-refractivity contribution in [3.05, 3.63) is 78.6 Å². The van der Waals surface area contributed by atoms with Gasteiger partial charge in [0, 0.05) is 30.4 Å². The largest absolute Gasteiger partial charge is 0.484 e. The molecule has 0 aliphatic heterocycles. The number of H-pyrrole nitrogens is 1. The maximum absolute atomic E-state index is 13.8. The highest BCUT2D eigenvalue weighted by Gasteiger charge is 2.35. The minimum atomic E-state index is -1.10. The third-order valence-corrected chi connectivity index (χ3v) is 8.86. The lowest BCUT2D eigenvalue weighted by atomic mass is 9.85. The van der Waals surface area contributed by atoms with Crippen molar-refractivity contribution >= 4 is 23.6 Å².